The summed E-state index contributed by atoms with van der Waals surface area (Å²) in [5, 5.41) is 14.9. The zero-order valence-electron chi connectivity index (χ0n) is 14.2. The number of hydrazine groups is 1. The zero-order valence-corrected chi connectivity index (χ0v) is 14.2. The maximum atomic E-state index is 12.8. The van der Waals surface area contributed by atoms with Crippen molar-refractivity contribution in [3.8, 4) is 6.19 Å². The highest BCUT2D eigenvalue weighted by Crippen LogP contribution is 2.30. The average molecular weight is 354 g/mol. The second kappa shape index (κ2) is 7.64. The van der Waals surface area contributed by atoms with Gasteiger partial charge in [-0.3, -0.25) is 4.79 Å². The van der Waals surface area contributed by atoms with E-state index in [1.807, 2.05) is 20.0 Å². The molecule has 5 nitrogen and oxygen atoms in total. The lowest BCUT2D eigenvalue weighted by atomic mass is 9.97. The first-order valence-corrected chi connectivity index (χ1v) is 8.20. The quantitative estimate of drug-likeness (QED) is 0.823. The Balaban J connectivity index is 2.18. The van der Waals surface area contributed by atoms with Crippen LogP contribution in [-0.2, 0) is 11.0 Å². The van der Waals surface area contributed by atoms with Crippen molar-refractivity contribution in [2.24, 2.45) is 5.92 Å². The number of nitriles is 1. The lowest BCUT2D eigenvalue weighted by Gasteiger charge is -2.31. The maximum absolute atomic E-state index is 12.8. The second-order valence-electron chi connectivity index (χ2n) is 6.12. The highest BCUT2D eigenvalue weighted by molar-refractivity contribution is 5.85. The van der Waals surface area contributed by atoms with Gasteiger partial charge in [0, 0.05) is 12.2 Å². The summed E-state index contributed by atoms with van der Waals surface area (Å²) in [6.45, 7) is 4.79. The number of benzene rings is 1. The van der Waals surface area contributed by atoms with Gasteiger partial charge in [-0.05, 0) is 36.6 Å². The minimum Gasteiger partial charge on any atom is -0.373 e. The van der Waals surface area contributed by atoms with Crippen LogP contribution in [0.1, 0.15) is 32.3 Å². The minimum atomic E-state index is -4.40. The van der Waals surface area contributed by atoms with Gasteiger partial charge >= 0.3 is 6.18 Å². The number of carbonyl (C=O) groups is 1. The molecule has 136 valence electrons. The molecule has 0 radical (unpaired) electrons. The molecule has 2 atom stereocenters. The van der Waals surface area contributed by atoms with Gasteiger partial charge in [0.2, 0.25) is 0 Å². The van der Waals surface area contributed by atoms with Gasteiger partial charge in [-0.15, -0.1) is 0 Å². The molecule has 8 heteroatoms. The lowest BCUT2D eigenvalue weighted by molar-refractivity contribution is -0.141. The number of halogens is 3. The summed E-state index contributed by atoms with van der Waals surface area (Å²) in [5.74, 6) is -0.288. The van der Waals surface area contributed by atoms with Crippen LogP contribution in [0, 0.1) is 17.4 Å². The summed E-state index contributed by atoms with van der Waals surface area (Å²) < 4.78 is 38.0. The third kappa shape index (κ3) is 4.35. The first kappa shape index (κ1) is 18.9. The van der Waals surface area contributed by atoms with Gasteiger partial charge in [0.05, 0.1) is 12.1 Å². The third-order valence-electron chi connectivity index (χ3n) is 4.41. The van der Waals surface area contributed by atoms with Gasteiger partial charge in [0.25, 0.3) is 5.91 Å². The first-order valence-electron chi connectivity index (χ1n) is 8.20. The fourth-order valence-corrected chi connectivity index (χ4v) is 2.72. The number of hydrogen-bond acceptors (Lipinski definition) is 4. The summed E-state index contributed by atoms with van der Waals surface area (Å²) in [4.78, 5) is 12.8. The Morgan fingerprint density at radius 1 is 1.32 bits per heavy atom. The van der Waals surface area contributed by atoms with Gasteiger partial charge in [0.15, 0.2) is 6.19 Å². The molecular formula is C17H21F3N4O. The topological polar surface area (TPSA) is 59.4 Å². The number of anilines is 1. The standard InChI is InChI=1S/C17H21F3N4O/c1-3-12(2)15(16(25)24-10-4-9-23(24)11-21)22-14-7-5-13(6-8-14)17(18,19)20/h5-8,12,15,22H,3-4,9-10H2,1-2H3. The van der Waals surface area contributed by atoms with E-state index in [2.05, 4.69) is 5.32 Å². The molecule has 1 fully saturated rings. The Morgan fingerprint density at radius 3 is 2.48 bits per heavy atom. The molecule has 1 aliphatic heterocycles. The minimum absolute atomic E-state index is 0.0454. The summed E-state index contributed by atoms with van der Waals surface area (Å²) in [5.41, 5.74) is -0.297. The van der Waals surface area contributed by atoms with Gasteiger partial charge in [0.1, 0.15) is 6.04 Å². The van der Waals surface area contributed by atoms with E-state index in [-0.39, 0.29) is 11.8 Å². The van der Waals surface area contributed by atoms with Crippen molar-refractivity contribution in [3.63, 3.8) is 0 Å². The highest BCUT2D eigenvalue weighted by atomic mass is 19.4. The Kier molecular flexibility index (Phi) is 5.77. The van der Waals surface area contributed by atoms with E-state index in [1.54, 1.807) is 0 Å². The van der Waals surface area contributed by atoms with E-state index in [4.69, 9.17) is 5.26 Å². The van der Waals surface area contributed by atoms with Crippen molar-refractivity contribution < 1.29 is 18.0 Å². The first-order chi connectivity index (χ1) is 11.8. The number of alkyl halides is 3. The van der Waals surface area contributed by atoms with E-state index in [0.717, 1.165) is 12.1 Å². The van der Waals surface area contributed by atoms with E-state index in [1.165, 1.54) is 22.2 Å². The van der Waals surface area contributed by atoms with Gasteiger partial charge < -0.3 is 5.32 Å². The van der Waals surface area contributed by atoms with Crippen molar-refractivity contribution in [2.45, 2.75) is 38.9 Å². The van der Waals surface area contributed by atoms with Crippen molar-refractivity contribution in [2.75, 3.05) is 18.4 Å². The van der Waals surface area contributed by atoms with Crippen LogP contribution < -0.4 is 5.32 Å². The molecule has 1 saturated heterocycles. The second-order valence-corrected chi connectivity index (χ2v) is 6.12. The van der Waals surface area contributed by atoms with Crippen LogP contribution in [0.2, 0.25) is 0 Å². The molecule has 1 N–H and O–H groups in total. The van der Waals surface area contributed by atoms with Crippen LogP contribution in [-0.4, -0.2) is 35.1 Å². The molecule has 0 bridgehead atoms. The molecule has 1 aliphatic rings. The Bertz CT molecular complexity index is 639. The third-order valence-corrected chi connectivity index (χ3v) is 4.41. The van der Waals surface area contributed by atoms with Crippen LogP contribution in [0.25, 0.3) is 0 Å². The van der Waals surface area contributed by atoms with Crippen LogP contribution >= 0.6 is 0 Å². The summed E-state index contributed by atoms with van der Waals surface area (Å²) in [7, 11) is 0. The number of rotatable bonds is 5. The normalized spacial score (nSPS) is 17.1. The molecule has 2 rings (SSSR count). The van der Waals surface area contributed by atoms with E-state index >= 15 is 0 Å². The number of hydrogen-bond donors (Lipinski definition) is 1. The fraction of sp³-hybridized carbons (Fsp3) is 0.529. The largest absolute Gasteiger partial charge is 0.416 e. The highest BCUT2D eigenvalue weighted by Gasteiger charge is 2.34. The Labute approximate surface area is 145 Å². The number of carbonyl (C=O) groups excluding carboxylic acids is 1. The molecule has 25 heavy (non-hydrogen) atoms. The predicted molar refractivity (Wildman–Crippen MR) is 87.0 cm³/mol. The predicted octanol–water partition coefficient (Wildman–Crippen LogP) is 3.46. The summed E-state index contributed by atoms with van der Waals surface area (Å²) in [6, 6.07) is 3.99. The smallest absolute Gasteiger partial charge is 0.373 e. The number of nitrogens with one attached hydrogen (secondary N) is 1. The van der Waals surface area contributed by atoms with E-state index < -0.39 is 17.8 Å². The summed E-state index contributed by atoms with van der Waals surface area (Å²) in [6.07, 6.45) is -0.987. The van der Waals surface area contributed by atoms with Crippen LogP contribution in [0.15, 0.2) is 24.3 Å². The van der Waals surface area contributed by atoms with E-state index in [9.17, 15) is 18.0 Å². The van der Waals surface area contributed by atoms with Gasteiger partial charge in [-0.2, -0.15) is 18.4 Å². The van der Waals surface area contributed by atoms with E-state index in [0.29, 0.717) is 31.6 Å². The average Bonchev–Trinajstić information content (AvgIpc) is 3.06. The molecule has 0 aromatic heterocycles. The molecular weight excluding hydrogens is 333 g/mol. The molecule has 1 heterocycles. The lowest BCUT2D eigenvalue weighted by Crippen LogP contribution is -2.49. The Hall–Kier alpha value is -2.43. The monoisotopic (exact) mass is 354 g/mol. The molecule has 0 spiro atoms. The van der Waals surface area contributed by atoms with Gasteiger partial charge in [-0.1, -0.05) is 20.3 Å². The zero-order chi connectivity index (χ0) is 18.6. The molecule has 1 amide bonds. The number of nitrogens with zero attached hydrogens (tertiary/aromatic N) is 3. The maximum Gasteiger partial charge on any atom is 0.416 e. The molecule has 1 aromatic carbocycles. The van der Waals surface area contributed by atoms with Gasteiger partial charge in [-0.25, -0.2) is 10.0 Å². The Morgan fingerprint density at radius 2 is 1.96 bits per heavy atom. The summed E-state index contributed by atoms with van der Waals surface area (Å²) >= 11 is 0. The van der Waals surface area contributed by atoms with Crippen molar-refractivity contribution in [3.05, 3.63) is 29.8 Å². The number of amides is 1. The fourth-order valence-electron chi connectivity index (χ4n) is 2.72. The molecule has 2 unspecified atom stereocenters. The van der Waals surface area contributed by atoms with Crippen molar-refractivity contribution >= 4 is 11.6 Å². The molecule has 0 saturated carbocycles. The van der Waals surface area contributed by atoms with Crippen LogP contribution in [0.3, 0.4) is 0 Å². The molecule has 1 aromatic rings. The molecule has 0 aliphatic carbocycles. The van der Waals surface area contributed by atoms with Crippen molar-refractivity contribution in [1.29, 1.82) is 5.26 Å². The van der Waals surface area contributed by atoms with Crippen LogP contribution in [0.5, 0.6) is 0 Å². The SMILES string of the molecule is CCC(C)C(Nc1ccc(C(F)(F)F)cc1)C(=O)N1CCCN1C#N. The van der Waals surface area contributed by atoms with Crippen LogP contribution in [0.4, 0.5) is 18.9 Å². The van der Waals surface area contributed by atoms with Crippen molar-refractivity contribution in [1.82, 2.24) is 10.0 Å².